The van der Waals surface area contributed by atoms with Gasteiger partial charge in [-0.3, -0.25) is 4.79 Å². The molecule has 0 heterocycles. The maximum atomic E-state index is 12.0. The molecular formula is C13H19NO3. The van der Waals surface area contributed by atoms with Gasteiger partial charge in [-0.15, -0.1) is 0 Å². The molecule has 1 aromatic rings. The fourth-order valence-corrected chi connectivity index (χ4v) is 1.39. The van der Waals surface area contributed by atoms with Gasteiger partial charge < -0.3 is 15.2 Å². The van der Waals surface area contributed by atoms with E-state index in [-0.39, 0.29) is 11.7 Å². The Bertz CT molecular complexity index is 411. The van der Waals surface area contributed by atoms with Gasteiger partial charge in [-0.2, -0.15) is 0 Å². The summed E-state index contributed by atoms with van der Waals surface area (Å²) < 4.78 is 5.21. The molecule has 0 aliphatic carbocycles. The van der Waals surface area contributed by atoms with Crippen LogP contribution in [0.5, 0.6) is 5.75 Å². The first kappa shape index (κ1) is 13.5. The molecule has 1 unspecified atom stereocenters. The van der Waals surface area contributed by atoms with Gasteiger partial charge in [0.1, 0.15) is 11.4 Å². The normalized spacial score (nSPS) is 14.1. The monoisotopic (exact) mass is 237 g/mol. The number of aryl methyl sites for hydroxylation is 1. The minimum Gasteiger partial charge on any atom is -0.508 e. The largest absolute Gasteiger partial charge is 0.508 e. The molecule has 1 amide bonds. The second-order valence-corrected chi connectivity index (χ2v) is 4.24. The Balaban J connectivity index is 2.84. The summed E-state index contributed by atoms with van der Waals surface area (Å²) in [7, 11) is 1.52. The fourth-order valence-electron chi connectivity index (χ4n) is 1.39. The Kier molecular flexibility index (Phi) is 4.12. The van der Waals surface area contributed by atoms with E-state index in [0.29, 0.717) is 12.1 Å². The molecule has 1 atom stereocenters. The van der Waals surface area contributed by atoms with Crippen LogP contribution >= 0.6 is 0 Å². The molecule has 4 heteroatoms. The number of benzene rings is 1. The number of aromatic hydroxyl groups is 1. The van der Waals surface area contributed by atoms with Crippen LogP contribution in [0.15, 0.2) is 18.2 Å². The van der Waals surface area contributed by atoms with E-state index in [2.05, 4.69) is 5.32 Å². The summed E-state index contributed by atoms with van der Waals surface area (Å²) in [4.78, 5) is 12.0. The van der Waals surface area contributed by atoms with E-state index in [1.54, 1.807) is 32.0 Å². The van der Waals surface area contributed by atoms with Crippen molar-refractivity contribution in [2.75, 3.05) is 12.4 Å². The predicted octanol–water partition coefficient (Wildman–Crippen LogP) is 2.45. The summed E-state index contributed by atoms with van der Waals surface area (Å²) >= 11 is 0. The third kappa shape index (κ3) is 2.97. The van der Waals surface area contributed by atoms with Crippen LogP contribution in [-0.2, 0) is 9.53 Å². The van der Waals surface area contributed by atoms with Crippen molar-refractivity contribution in [2.45, 2.75) is 32.8 Å². The second kappa shape index (κ2) is 5.19. The summed E-state index contributed by atoms with van der Waals surface area (Å²) in [5, 5.41) is 12.2. The first-order valence-corrected chi connectivity index (χ1v) is 5.59. The van der Waals surface area contributed by atoms with Gasteiger partial charge in [-0.05, 0) is 44.0 Å². The Morgan fingerprint density at radius 3 is 2.65 bits per heavy atom. The molecule has 0 aliphatic rings. The van der Waals surface area contributed by atoms with E-state index in [9.17, 15) is 9.90 Å². The number of ether oxygens (including phenoxy) is 1. The van der Waals surface area contributed by atoms with Crippen molar-refractivity contribution in [3.63, 3.8) is 0 Å². The topological polar surface area (TPSA) is 58.6 Å². The van der Waals surface area contributed by atoms with Crippen LogP contribution in [0, 0.1) is 6.92 Å². The number of amides is 1. The molecular weight excluding hydrogens is 218 g/mol. The molecule has 1 aromatic carbocycles. The number of carbonyl (C=O) groups excluding carboxylic acids is 1. The lowest BCUT2D eigenvalue weighted by atomic mass is 10.0. The molecule has 0 fully saturated rings. The van der Waals surface area contributed by atoms with Crippen molar-refractivity contribution in [1.82, 2.24) is 0 Å². The van der Waals surface area contributed by atoms with E-state index >= 15 is 0 Å². The lowest BCUT2D eigenvalue weighted by molar-refractivity contribution is -0.136. The summed E-state index contributed by atoms with van der Waals surface area (Å²) in [6, 6.07) is 4.94. The number of anilines is 1. The molecule has 0 aliphatic heterocycles. The number of hydrogen-bond acceptors (Lipinski definition) is 3. The Morgan fingerprint density at radius 2 is 2.18 bits per heavy atom. The zero-order chi connectivity index (χ0) is 13.1. The van der Waals surface area contributed by atoms with Gasteiger partial charge >= 0.3 is 0 Å². The molecule has 0 spiro atoms. The highest BCUT2D eigenvalue weighted by atomic mass is 16.5. The molecule has 0 bridgehead atoms. The van der Waals surface area contributed by atoms with Crippen molar-refractivity contribution in [1.29, 1.82) is 0 Å². The van der Waals surface area contributed by atoms with Crippen LogP contribution in [0.25, 0.3) is 0 Å². The molecule has 0 radical (unpaired) electrons. The van der Waals surface area contributed by atoms with Crippen molar-refractivity contribution < 1.29 is 14.6 Å². The van der Waals surface area contributed by atoms with Crippen LogP contribution < -0.4 is 5.32 Å². The number of rotatable bonds is 4. The highest BCUT2D eigenvalue weighted by molar-refractivity contribution is 5.97. The van der Waals surface area contributed by atoms with E-state index in [1.807, 2.05) is 6.92 Å². The number of methoxy groups -OCH3 is 1. The molecule has 4 nitrogen and oxygen atoms in total. The molecule has 1 rings (SSSR count). The summed E-state index contributed by atoms with van der Waals surface area (Å²) in [5.41, 5.74) is 0.548. The van der Waals surface area contributed by atoms with Gasteiger partial charge in [0.2, 0.25) is 0 Å². The number of phenolic OH excluding ortho intramolecular Hbond substituents is 1. The first-order chi connectivity index (χ1) is 7.92. The number of nitrogens with one attached hydrogen (secondary N) is 1. The second-order valence-electron chi connectivity index (χ2n) is 4.24. The molecule has 94 valence electrons. The molecule has 17 heavy (non-hydrogen) atoms. The number of hydrogen-bond donors (Lipinski definition) is 2. The summed E-state index contributed by atoms with van der Waals surface area (Å²) in [5.74, 6) is 0.0283. The zero-order valence-electron chi connectivity index (χ0n) is 10.7. The maximum Gasteiger partial charge on any atom is 0.256 e. The SMILES string of the molecule is CCC(C)(OC)C(=O)Nc1ccc(O)c(C)c1. The van der Waals surface area contributed by atoms with Gasteiger partial charge in [-0.25, -0.2) is 0 Å². The smallest absolute Gasteiger partial charge is 0.256 e. The Morgan fingerprint density at radius 1 is 1.53 bits per heavy atom. The standard InChI is InChI=1S/C13H19NO3/c1-5-13(3,17-4)12(16)14-10-6-7-11(15)9(2)8-10/h6-8,15H,5H2,1-4H3,(H,14,16). The van der Waals surface area contributed by atoms with Crippen molar-refractivity contribution in [3.8, 4) is 5.75 Å². The predicted molar refractivity (Wildman–Crippen MR) is 67.2 cm³/mol. The van der Waals surface area contributed by atoms with Crippen molar-refractivity contribution >= 4 is 11.6 Å². The van der Waals surface area contributed by atoms with Crippen molar-refractivity contribution in [2.24, 2.45) is 0 Å². The first-order valence-electron chi connectivity index (χ1n) is 5.59. The van der Waals surface area contributed by atoms with Crippen LogP contribution in [0.4, 0.5) is 5.69 Å². The van der Waals surface area contributed by atoms with Gasteiger partial charge in [0.25, 0.3) is 5.91 Å². The van der Waals surface area contributed by atoms with Crippen molar-refractivity contribution in [3.05, 3.63) is 23.8 Å². The molecule has 0 aromatic heterocycles. The Hall–Kier alpha value is -1.55. The summed E-state index contributed by atoms with van der Waals surface area (Å²) in [6.07, 6.45) is 0.590. The van der Waals surface area contributed by atoms with E-state index < -0.39 is 5.60 Å². The van der Waals surface area contributed by atoms with Crippen LogP contribution in [0.2, 0.25) is 0 Å². The number of phenols is 1. The highest BCUT2D eigenvalue weighted by Gasteiger charge is 2.30. The number of carbonyl (C=O) groups is 1. The zero-order valence-corrected chi connectivity index (χ0v) is 10.7. The lowest BCUT2D eigenvalue weighted by Gasteiger charge is -2.25. The van der Waals surface area contributed by atoms with Gasteiger partial charge in [-0.1, -0.05) is 6.92 Å². The molecule has 0 saturated carbocycles. The van der Waals surface area contributed by atoms with Crippen LogP contribution in [0.1, 0.15) is 25.8 Å². The average Bonchev–Trinajstić information content (AvgIpc) is 2.32. The van der Waals surface area contributed by atoms with Gasteiger partial charge in [0.15, 0.2) is 0 Å². The van der Waals surface area contributed by atoms with Crippen LogP contribution in [0.3, 0.4) is 0 Å². The quantitative estimate of drug-likeness (QED) is 0.791. The minimum absolute atomic E-state index is 0.187. The van der Waals surface area contributed by atoms with Gasteiger partial charge in [0, 0.05) is 12.8 Å². The minimum atomic E-state index is -0.828. The highest BCUT2D eigenvalue weighted by Crippen LogP contribution is 2.22. The van der Waals surface area contributed by atoms with E-state index in [0.717, 1.165) is 5.56 Å². The summed E-state index contributed by atoms with van der Waals surface area (Å²) in [6.45, 7) is 5.42. The van der Waals surface area contributed by atoms with Crippen LogP contribution in [-0.4, -0.2) is 23.7 Å². The third-order valence-electron chi connectivity index (χ3n) is 3.06. The average molecular weight is 237 g/mol. The van der Waals surface area contributed by atoms with E-state index in [1.165, 1.54) is 7.11 Å². The molecule has 0 saturated heterocycles. The van der Waals surface area contributed by atoms with Gasteiger partial charge in [0.05, 0.1) is 0 Å². The van der Waals surface area contributed by atoms with E-state index in [4.69, 9.17) is 4.74 Å². The fraction of sp³-hybridized carbons (Fsp3) is 0.462. The Labute approximate surface area is 102 Å². The lowest BCUT2D eigenvalue weighted by Crippen LogP contribution is -2.41. The maximum absolute atomic E-state index is 12.0. The molecule has 2 N–H and O–H groups in total. The third-order valence-corrected chi connectivity index (χ3v) is 3.06.